The van der Waals surface area contributed by atoms with Crippen LogP contribution in [-0.4, -0.2) is 11.7 Å². The van der Waals surface area contributed by atoms with Gasteiger partial charge in [-0.05, 0) is 88.4 Å². The molecular formula is C45H29N3. The first-order chi connectivity index (χ1) is 23.7. The molecule has 48 heavy (non-hydrogen) atoms. The largest absolute Gasteiger partial charge is 0.324 e. The summed E-state index contributed by atoms with van der Waals surface area (Å²) in [6, 6.07) is 58.8. The van der Waals surface area contributed by atoms with Gasteiger partial charge in [0.2, 0.25) is 0 Å². The zero-order chi connectivity index (χ0) is 31.6. The van der Waals surface area contributed by atoms with Crippen LogP contribution in [0.15, 0.2) is 174 Å². The van der Waals surface area contributed by atoms with Crippen LogP contribution in [0.25, 0.3) is 64.6 Å². The maximum Gasteiger partial charge on any atom is 0.169 e. The van der Waals surface area contributed by atoms with Crippen molar-refractivity contribution in [1.82, 2.24) is 5.32 Å². The molecule has 224 valence electrons. The summed E-state index contributed by atoms with van der Waals surface area (Å²) in [6.45, 7) is 0. The molecule has 0 bridgehead atoms. The zero-order valence-electron chi connectivity index (χ0n) is 26.1. The van der Waals surface area contributed by atoms with E-state index >= 15 is 0 Å². The summed E-state index contributed by atoms with van der Waals surface area (Å²) in [5, 5.41) is 18.4. The van der Waals surface area contributed by atoms with Gasteiger partial charge >= 0.3 is 0 Å². The van der Waals surface area contributed by atoms with Gasteiger partial charge in [-0.15, -0.1) is 0 Å². The third-order valence-electron chi connectivity index (χ3n) is 9.84. The number of nitrogens with one attached hydrogen (secondary N) is 1. The van der Waals surface area contributed by atoms with E-state index in [1.165, 1.54) is 64.6 Å². The maximum absolute atomic E-state index is 5.26. The number of nitrogens with zero attached hydrogens (tertiary/aromatic N) is 2. The van der Waals surface area contributed by atoms with Crippen LogP contribution in [0.5, 0.6) is 0 Å². The molecule has 0 aromatic heterocycles. The third-order valence-corrected chi connectivity index (χ3v) is 9.84. The lowest BCUT2D eigenvalue weighted by Gasteiger charge is -2.23. The molecule has 9 aromatic rings. The second-order valence-electron chi connectivity index (χ2n) is 12.7. The van der Waals surface area contributed by atoms with Crippen LogP contribution in [0.2, 0.25) is 0 Å². The van der Waals surface area contributed by atoms with Crippen LogP contribution < -0.4 is 5.32 Å². The molecule has 1 aliphatic rings. The van der Waals surface area contributed by atoms with E-state index in [4.69, 9.17) is 9.98 Å². The zero-order valence-corrected chi connectivity index (χ0v) is 26.1. The minimum Gasteiger partial charge on any atom is -0.324 e. The van der Waals surface area contributed by atoms with E-state index in [1.54, 1.807) is 0 Å². The molecule has 1 aliphatic heterocycles. The van der Waals surface area contributed by atoms with Gasteiger partial charge in [0.25, 0.3) is 0 Å². The Morgan fingerprint density at radius 1 is 0.333 bits per heavy atom. The highest BCUT2D eigenvalue weighted by Gasteiger charge is 2.22. The van der Waals surface area contributed by atoms with Gasteiger partial charge in [-0.3, -0.25) is 0 Å². The molecule has 3 nitrogen and oxygen atoms in total. The number of amidine groups is 2. The first kappa shape index (κ1) is 26.9. The lowest BCUT2D eigenvalue weighted by atomic mass is 9.98. The molecule has 0 saturated carbocycles. The molecule has 0 amide bonds. The Kier molecular flexibility index (Phi) is 5.94. The van der Waals surface area contributed by atoms with Crippen LogP contribution in [0.1, 0.15) is 22.9 Å². The smallest absolute Gasteiger partial charge is 0.169 e. The first-order valence-corrected chi connectivity index (χ1v) is 16.4. The molecule has 1 heterocycles. The van der Waals surface area contributed by atoms with E-state index in [0.717, 1.165) is 28.4 Å². The van der Waals surface area contributed by atoms with E-state index in [1.807, 2.05) is 0 Å². The highest BCUT2D eigenvalue weighted by atomic mass is 15.2. The minimum atomic E-state index is -0.397. The quantitative estimate of drug-likeness (QED) is 0.198. The topological polar surface area (TPSA) is 36.8 Å². The average molecular weight is 612 g/mol. The van der Waals surface area contributed by atoms with E-state index in [-0.39, 0.29) is 0 Å². The molecule has 0 atom stereocenters. The average Bonchev–Trinajstić information content (AvgIpc) is 3.16. The van der Waals surface area contributed by atoms with Gasteiger partial charge in [-0.25, -0.2) is 9.98 Å². The first-order valence-electron chi connectivity index (χ1n) is 16.4. The van der Waals surface area contributed by atoms with Crippen molar-refractivity contribution in [3.8, 4) is 0 Å². The van der Waals surface area contributed by atoms with Gasteiger partial charge in [0, 0.05) is 11.1 Å². The van der Waals surface area contributed by atoms with E-state index in [9.17, 15) is 0 Å². The highest BCUT2D eigenvalue weighted by molar-refractivity contribution is 6.19. The minimum absolute atomic E-state index is 0.397. The standard InChI is InChI=1S/C45H29N3/c1-4-10-37-28(7-1)13-16-31-25-34(19-22-40(31)37)43-46-44(35-20-23-41-32(26-35)17-14-29-8-2-5-11-38(29)41)48-45(47-43)36-21-24-42-33(27-36)18-15-30-9-3-6-12-39(30)42/h1-27,43H,(H,46,47,48). The number of hydrogen-bond donors (Lipinski definition) is 1. The molecule has 10 rings (SSSR count). The molecule has 3 heteroatoms. The fourth-order valence-electron chi connectivity index (χ4n) is 7.41. The number of fused-ring (bicyclic) bond motifs is 9. The summed E-state index contributed by atoms with van der Waals surface area (Å²) in [4.78, 5) is 10.5. The molecule has 0 aliphatic carbocycles. The van der Waals surface area contributed by atoms with Crippen molar-refractivity contribution in [2.24, 2.45) is 9.98 Å². The molecule has 0 radical (unpaired) electrons. The predicted octanol–water partition coefficient (Wildman–Crippen LogP) is 11.1. The van der Waals surface area contributed by atoms with Crippen molar-refractivity contribution in [3.63, 3.8) is 0 Å². The van der Waals surface area contributed by atoms with Crippen LogP contribution in [0.4, 0.5) is 0 Å². The van der Waals surface area contributed by atoms with Crippen molar-refractivity contribution in [2.75, 3.05) is 0 Å². The maximum atomic E-state index is 5.26. The molecular weight excluding hydrogens is 583 g/mol. The van der Waals surface area contributed by atoms with E-state index in [2.05, 4.69) is 169 Å². The van der Waals surface area contributed by atoms with Crippen LogP contribution in [0.3, 0.4) is 0 Å². The summed E-state index contributed by atoms with van der Waals surface area (Å²) >= 11 is 0. The Morgan fingerprint density at radius 2 is 0.708 bits per heavy atom. The van der Waals surface area contributed by atoms with Crippen LogP contribution in [0, 0.1) is 0 Å². The number of rotatable bonds is 3. The molecule has 0 saturated heterocycles. The van der Waals surface area contributed by atoms with Crippen molar-refractivity contribution >= 4 is 76.3 Å². The lowest BCUT2D eigenvalue weighted by Crippen LogP contribution is -2.36. The van der Waals surface area contributed by atoms with Crippen LogP contribution in [-0.2, 0) is 0 Å². The van der Waals surface area contributed by atoms with Crippen molar-refractivity contribution in [3.05, 3.63) is 180 Å². The molecule has 0 fully saturated rings. The number of aliphatic imine (C=N–C) groups is 2. The van der Waals surface area contributed by atoms with E-state index < -0.39 is 6.17 Å². The summed E-state index contributed by atoms with van der Waals surface area (Å²) in [5.74, 6) is 1.63. The lowest BCUT2D eigenvalue weighted by molar-refractivity contribution is 0.757. The Labute approximate surface area is 277 Å². The van der Waals surface area contributed by atoms with Gasteiger partial charge in [-0.1, -0.05) is 146 Å². The Bertz CT molecular complexity index is 2690. The summed E-state index contributed by atoms with van der Waals surface area (Å²) in [6.07, 6.45) is -0.397. The van der Waals surface area contributed by atoms with Gasteiger partial charge in [0.15, 0.2) is 6.17 Å². The fraction of sp³-hybridized carbons (Fsp3) is 0.0222. The number of benzene rings is 9. The summed E-state index contributed by atoms with van der Waals surface area (Å²) < 4.78 is 0. The van der Waals surface area contributed by atoms with Crippen molar-refractivity contribution < 1.29 is 0 Å². The second-order valence-corrected chi connectivity index (χ2v) is 12.7. The Morgan fingerprint density at radius 3 is 1.19 bits per heavy atom. The Balaban J connectivity index is 1.12. The van der Waals surface area contributed by atoms with Crippen molar-refractivity contribution in [1.29, 1.82) is 0 Å². The van der Waals surface area contributed by atoms with Gasteiger partial charge in [0.05, 0.1) is 0 Å². The van der Waals surface area contributed by atoms with Gasteiger partial charge < -0.3 is 5.32 Å². The van der Waals surface area contributed by atoms with Gasteiger partial charge in [-0.2, -0.15) is 0 Å². The van der Waals surface area contributed by atoms with Crippen molar-refractivity contribution in [2.45, 2.75) is 6.17 Å². The van der Waals surface area contributed by atoms with Gasteiger partial charge in [0.1, 0.15) is 11.7 Å². The number of hydrogen-bond acceptors (Lipinski definition) is 3. The molecule has 1 N–H and O–H groups in total. The third kappa shape index (κ3) is 4.36. The molecule has 9 aromatic carbocycles. The normalized spacial score (nSPS) is 13.8. The monoisotopic (exact) mass is 611 g/mol. The highest BCUT2D eigenvalue weighted by Crippen LogP contribution is 2.33. The molecule has 0 spiro atoms. The van der Waals surface area contributed by atoms with Crippen LogP contribution >= 0.6 is 0 Å². The molecule has 0 unspecified atom stereocenters. The summed E-state index contributed by atoms with van der Waals surface area (Å²) in [5.41, 5.74) is 3.13. The second kappa shape index (κ2) is 10.6. The van der Waals surface area contributed by atoms with E-state index in [0.29, 0.717) is 0 Å². The predicted molar refractivity (Wildman–Crippen MR) is 203 cm³/mol. The Hall–Kier alpha value is -6.32. The summed E-state index contributed by atoms with van der Waals surface area (Å²) in [7, 11) is 0. The fourth-order valence-corrected chi connectivity index (χ4v) is 7.41. The SMILES string of the molecule is c1ccc2c(c1)ccc1cc(C3=NC(c4ccc5c(ccc6ccccc65)c4)N=C(c4ccc5c(ccc6ccccc65)c4)N3)ccc12.